The molecule has 1 heterocycles. The quantitative estimate of drug-likeness (QED) is 0.736. The molecule has 108 valence electrons. The smallest absolute Gasteiger partial charge is 0.236 e. The summed E-state index contributed by atoms with van der Waals surface area (Å²) in [6, 6.07) is 0.779. The fraction of sp³-hybridized carbons (Fsp3) is 0.867. The second-order valence-electron chi connectivity index (χ2n) is 5.94. The molecule has 1 aliphatic carbocycles. The minimum Gasteiger partial charge on any atom is -0.339 e. The summed E-state index contributed by atoms with van der Waals surface area (Å²) in [5, 5.41) is 0. The predicted octanol–water partition coefficient (Wildman–Crippen LogP) is 1.83. The van der Waals surface area contributed by atoms with E-state index in [1.165, 1.54) is 6.42 Å². The maximum Gasteiger partial charge on any atom is 0.236 e. The van der Waals surface area contributed by atoms with E-state index < -0.39 is 0 Å². The predicted molar refractivity (Wildman–Crippen MR) is 74.9 cm³/mol. The zero-order valence-corrected chi connectivity index (χ0v) is 12.2. The van der Waals surface area contributed by atoms with Gasteiger partial charge in [-0.1, -0.05) is 6.42 Å². The molecule has 2 fully saturated rings. The standard InChI is InChI=1S/C15H26N2O2/c1-3-17(13-7-8-13)15(19)11-16-9-5-4-6-14(16)10-12(2)18/h13-14H,3-11H2,1-2H3. The van der Waals surface area contributed by atoms with E-state index in [1.807, 2.05) is 4.90 Å². The van der Waals surface area contributed by atoms with Crippen LogP contribution in [0.15, 0.2) is 0 Å². The van der Waals surface area contributed by atoms with Crippen LogP contribution in [0.25, 0.3) is 0 Å². The summed E-state index contributed by atoms with van der Waals surface area (Å²) in [5.74, 6) is 0.486. The number of rotatable bonds is 6. The number of piperidine rings is 1. The minimum atomic E-state index is 0.235. The third-order valence-corrected chi connectivity index (χ3v) is 4.26. The summed E-state index contributed by atoms with van der Waals surface area (Å²) in [7, 11) is 0. The van der Waals surface area contributed by atoms with E-state index in [2.05, 4.69) is 11.8 Å². The normalized spacial score (nSPS) is 24.2. The summed E-state index contributed by atoms with van der Waals surface area (Å²) in [5.41, 5.74) is 0. The van der Waals surface area contributed by atoms with E-state index in [9.17, 15) is 9.59 Å². The molecule has 0 bridgehead atoms. The Morgan fingerprint density at radius 1 is 1.21 bits per heavy atom. The van der Waals surface area contributed by atoms with Crippen molar-refractivity contribution in [3.05, 3.63) is 0 Å². The van der Waals surface area contributed by atoms with Crippen molar-refractivity contribution in [3.63, 3.8) is 0 Å². The second kappa shape index (κ2) is 6.51. The topological polar surface area (TPSA) is 40.6 Å². The number of nitrogens with zero attached hydrogens (tertiary/aromatic N) is 2. The molecule has 2 rings (SSSR count). The number of amides is 1. The fourth-order valence-electron chi connectivity index (χ4n) is 3.12. The number of carbonyl (C=O) groups is 2. The Morgan fingerprint density at radius 2 is 1.95 bits per heavy atom. The lowest BCUT2D eigenvalue weighted by Crippen LogP contribution is -2.47. The number of ketones is 1. The Kier molecular flexibility index (Phi) is 4.97. The Labute approximate surface area is 116 Å². The molecule has 1 aliphatic heterocycles. The van der Waals surface area contributed by atoms with Gasteiger partial charge in [0.25, 0.3) is 0 Å². The average Bonchev–Trinajstić information content (AvgIpc) is 3.16. The van der Waals surface area contributed by atoms with Crippen molar-refractivity contribution in [2.45, 2.75) is 64.5 Å². The summed E-state index contributed by atoms with van der Waals surface area (Å²) in [6.07, 6.45) is 6.32. The van der Waals surface area contributed by atoms with Gasteiger partial charge in [0.1, 0.15) is 5.78 Å². The minimum absolute atomic E-state index is 0.235. The zero-order valence-electron chi connectivity index (χ0n) is 12.2. The molecule has 0 aromatic rings. The van der Waals surface area contributed by atoms with Gasteiger partial charge in [-0.25, -0.2) is 0 Å². The molecule has 1 saturated carbocycles. The molecular formula is C15H26N2O2. The van der Waals surface area contributed by atoms with Gasteiger partial charge in [-0.15, -0.1) is 0 Å². The molecule has 4 heteroatoms. The van der Waals surface area contributed by atoms with Gasteiger partial charge in [-0.05, 0) is 46.1 Å². The monoisotopic (exact) mass is 266 g/mol. The van der Waals surface area contributed by atoms with Gasteiger partial charge in [0.2, 0.25) is 5.91 Å². The van der Waals surface area contributed by atoms with E-state index in [-0.39, 0.29) is 17.7 Å². The van der Waals surface area contributed by atoms with Gasteiger partial charge in [0.15, 0.2) is 0 Å². The molecule has 1 saturated heterocycles. The first kappa shape index (κ1) is 14.5. The van der Waals surface area contributed by atoms with Crippen LogP contribution in [-0.2, 0) is 9.59 Å². The van der Waals surface area contributed by atoms with Gasteiger partial charge in [-0.3, -0.25) is 14.5 Å². The van der Waals surface area contributed by atoms with Gasteiger partial charge in [0.05, 0.1) is 6.54 Å². The third-order valence-electron chi connectivity index (χ3n) is 4.26. The van der Waals surface area contributed by atoms with E-state index in [0.717, 1.165) is 38.8 Å². The first-order chi connectivity index (χ1) is 9.11. The molecule has 1 unspecified atom stereocenters. The Hall–Kier alpha value is -0.900. The third kappa shape index (κ3) is 4.03. The highest BCUT2D eigenvalue weighted by Crippen LogP contribution is 2.27. The number of carbonyl (C=O) groups excluding carboxylic acids is 2. The molecule has 4 nitrogen and oxygen atoms in total. The molecule has 0 N–H and O–H groups in total. The lowest BCUT2D eigenvalue weighted by atomic mass is 9.98. The van der Waals surface area contributed by atoms with Crippen LogP contribution in [0.2, 0.25) is 0 Å². The maximum atomic E-state index is 12.4. The summed E-state index contributed by atoms with van der Waals surface area (Å²) in [6.45, 7) is 5.99. The molecule has 2 aliphatic rings. The van der Waals surface area contributed by atoms with E-state index >= 15 is 0 Å². The number of Topliss-reactive ketones (excluding diaryl/α,β-unsaturated/α-hetero) is 1. The van der Waals surface area contributed by atoms with E-state index in [0.29, 0.717) is 19.0 Å². The van der Waals surface area contributed by atoms with Crippen molar-refractivity contribution in [3.8, 4) is 0 Å². The highest BCUT2D eigenvalue weighted by molar-refractivity contribution is 5.79. The average molecular weight is 266 g/mol. The lowest BCUT2D eigenvalue weighted by Gasteiger charge is -2.36. The number of hydrogen-bond acceptors (Lipinski definition) is 3. The zero-order chi connectivity index (χ0) is 13.8. The SMILES string of the molecule is CCN(C(=O)CN1CCCCC1CC(C)=O)C1CC1. The van der Waals surface area contributed by atoms with Crippen molar-refractivity contribution in [2.24, 2.45) is 0 Å². The Bertz CT molecular complexity index is 339. The molecule has 0 aromatic heterocycles. The number of likely N-dealkylation sites (N-methyl/N-ethyl adjacent to an activating group) is 1. The molecular weight excluding hydrogens is 240 g/mol. The van der Waals surface area contributed by atoms with Crippen LogP contribution < -0.4 is 0 Å². The highest BCUT2D eigenvalue weighted by atomic mass is 16.2. The molecule has 0 aromatic carbocycles. The van der Waals surface area contributed by atoms with Crippen LogP contribution in [0.4, 0.5) is 0 Å². The largest absolute Gasteiger partial charge is 0.339 e. The molecule has 1 amide bonds. The molecule has 1 atom stereocenters. The van der Waals surface area contributed by atoms with Crippen molar-refractivity contribution in [1.29, 1.82) is 0 Å². The first-order valence-electron chi connectivity index (χ1n) is 7.64. The second-order valence-corrected chi connectivity index (χ2v) is 5.94. The van der Waals surface area contributed by atoms with Crippen LogP contribution in [0.3, 0.4) is 0 Å². The fourth-order valence-corrected chi connectivity index (χ4v) is 3.12. The van der Waals surface area contributed by atoms with Gasteiger partial charge in [-0.2, -0.15) is 0 Å². The van der Waals surface area contributed by atoms with Crippen LogP contribution in [-0.4, -0.2) is 53.2 Å². The van der Waals surface area contributed by atoms with Gasteiger partial charge >= 0.3 is 0 Å². The molecule has 19 heavy (non-hydrogen) atoms. The number of hydrogen-bond donors (Lipinski definition) is 0. The van der Waals surface area contributed by atoms with Gasteiger partial charge < -0.3 is 4.90 Å². The van der Waals surface area contributed by atoms with Crippen molar-refractivity contribution >= 4 is 11.7 Å². The molecule has 0 spiro atoms. The van der Waals surface area contributed by atoms with E-state index in [1.54, 1.807) is 6.92 Å². The van der Waals surface area contributed by atoms with Crippen LogP contribution >= 0.6 is 0 Å². The van der Waals surface area contributed by atoms with Crippen molar-refractivity contribution in [2.75, 3.05) is 19.6 Å². The van der Waals surface area contributed by atoms with Crippen LogP contribution in [0.5, 0.6) is 0 Å². The van der Waals surface area contributed by atoms with Gasteiger partial charge in [0, 0.05) is 25.0 Å². The highest BCUT2D eigenvalue weighted by Gasteiger charge is 2.33. The Morgan fingerprint density at radius 3 is 2.53 bits per heavy atom. The van der Waals surface area contributed by atoms with Crippen molar-refractivity contribution in [1.82, 2.24) is 9.80 Å². The lowest BCUT2D eigenvalue weighted by molar-refractivity contribution is -0.134. The maximum absolute atomic E-state index is 12.4. The summed E-state index contributed by atoms with van der Waals surface area (Å²) >= 11 is 0. The summed E-state index contributed by atoms with van der Waals surface area (Å²) in [4.78, 5) is 27.9. The van der Waals surface area contributed by atoms with Crippen LogP contribution in [0.1, 0.15) is 52.4 Å². The first-order valence-corrected chi connectivity index (χ1v) is 7.64. The Balaban J connectivity index is 1.90. The van der Waals surface area contributed by atoms with Crippen molar-refractivity contribution < 1.29 is 9.59 Å². The van der Waals surface area contributed by atoms with Crippen LogP contribution in [0, 0.1) is 0 Å². The summed E-state index contributed by atoms with van der Waals surface area (Å²) < 4.78 is 0. The molecule has 0 radical (unpaired) electrons. The van der Waals surface area contributed by atoms with E-state index in [4.69, 9.17) is 0 Å². The number of likely N-dealkylation sites (tertiary alicyclic amines) is 1.